The molecule has 11 nitrogen and oxygen atoms in total. The molecule has 2 amide bonds. The maximum Gasteiger partial charge on any atom is 0.272 e. The number of pyridine rings is 1. The Morgan fingerprint density at radius 3 is 2.78 bits per heavy atom. The highest BCUT2D eigenvalue weighted by Gasteiger charge is 2.27. The van der Waals surface area contributed by atoms with E-state index in [0.717, 1.165) is 11.3 Å². The molecule has 0 bridgehead atoms. The topological polar surface area (TPSA) is 145 Å². The molecule has 1 aliphatic heterocycles. The summed E-state index contributed by atoms with van der Waals surface area (Å²) in [4.78, 5) is 33.4. The summed E-state index contributed by atoms with van der Waals surface area (Å²) < 4.78 is 20.1. The molecule has 0 saturated heterocycles. The van der Waals surface area contributed by atoms with Crippen LogP contribution in [0.4, 0.5) is 11.5 Å². The number of benzene rings is 1. The van der Waals surface area contributed by atoms with Gasteiger partial charge in [0.1, 0.15) is 22.4 Å². The number of methoxy groups -OCH3 is 1. The monoisotopic (exact) mass is 505 g/mol. The number of hydrogen-bond acceptors (Lipinski definition) is 6. The second-order valence-electron chi connectivity index (χ2n) is 7.98. The largest absolute Gasteiger partial charge is 0.497 e. The minimum Gasteiger partial charge on any atom is -0.497 e. The van der Waals surface area contributed by atoms with Crippen LogP contribution in [0, 0.1) is 0 Å². The van der Waals surface area contributed by atoms with Gasteiger partial charge in [0.25, 0.3) is 11.8 Å². The molecule has 0 saturated carbocycles. The van der Waals surface area contributed by atoms with Crippen molar-refractivity contribution in [2.45, 2.75) is 17.9 Å². The van der Waals surface area contributed by atoms with Gasteiger partial charge in [0.15, 0.2) is 5.82 Å². The Morgan fingerprint density at radius 2 is 2.03 bits per heavy atom. The maximum absolute atomic E-state index is 13.3. The van der Waals surface area contributed by atoms with Gasteiger partial charge in [-0.2, -0.15) is 5.10 Å². The molecule has 12 heteroatoms. The standard InChI is InChI=1S/C24H23N7O4S/c1-35-15-6-7-17(21(12-15)27-24(33)20-5-3-10-26-20)23(32)28-22-18-14-31(11-8-19(18)29-30-22)36(34)16-4-2-9-25-13-16/h2-7,9-10,12-13,26H,8,11,14H2,1H3,(H,27,33)(H2,28,29,30,32). The minimum atomic E-state index is -1.40. The molecule has 1 atom stereocenters. The van der Waals surface area contributed by atoms with Gasteiger partial charge in [-0.05, 0) is 36.4 Å². The number of aromatic amines is 2. The summed E-state index contributed by atoms with van der Waals surface area (Å²) >= 11 is 0. The number of anilines is 2. The van der Waals surface area contributed by atoms with Gasteiger partial charge in [-0.1, -0.05) is 0 Å². The number of ether oxygens (including phenoxy) is 1. The first kappa shape index (κ1) is 23.5. The van der Waals surface area contributed by atoms with E-state index in [4.69, 9.17) is 4.74 Å². The predicted octanol–water partition coefficient (Wildman–Crippen LogP) is 2.73. The van der Waals surface area contributed by atoms with Crippen molar-refractivity contribution in [3.05, 3.63) is 83.6 Å². The number of carbonyl (C=O) groups is 2. The van der Waals surface area contributed by atoms with Gasteiger partial charge in [0.05, 0.1) is 23.3 Å². The van der Waals surface area contributed by atoms with Gasteiger partial charge in [0.2, 0.25) is 0 Å². The zero-order chi connectivity index (χ0) is 25.1. The third-order valence-corrected chi connectivity index (χ3v) is 7.19. The molecule has 0 fully saturated rings. The van der Waals surface area contributed by atoms with E-state index in [0.29, 0.717) is 41.7 Å². The van der Waals surface area contributed by atoms with Gasteiger partial charge in [-0.3, -0.25) is 19.7 Å². The number of H-pyrrole nitrogens is 2. The van der Waals surface area contributed by atoms with E-state index in [2.05, 4.69) is 30.8 Å². The summed E-state index contributed by atoms with van der Waals surface area (Å²) in [5.41, 5.74) is 2.51. The number of nitrogens with one attached hydrogen (secondary N) is 4. The second kappa shape index (κ2) is 10.1. The molecular formula is C24H23N7O4S. The fourth-order valence-electron chi connectivity index (χ4n) is 3.90. The van der Waals surface area contributed by atoms with Crippen LogP contribution in [0.2, 0.25) is 0 Å². The normalized spacial score (nSPS) is 14.0. The number of rotatable bonds is 7. The molecule has 184 valence electrons. The number of nitrogens with zero attached hydrogens (tertiary/aromatic N) is 3. The van der Waals surface area contributed by atoms with E-state index in [9.17, 15) is 13.8 Å². The lowest BCUT2D eigenvalue weighted by Gasteiger charge is -2.25. The van der Waals surface area contributed by atoms with Gasteiger partial charge >= 0.3 is 0 Å². The molecule has 3 aromatic heterocycles. The Hall–Kier alpha value is -4.29. The van der Waals surface area contributed by atoms with E-state index >= 15 is 0 Å². The molecule has 1 aliphatic rings. The van der Waals surface area contributed by atoms with Crippen LogP contribution in [-0.4, -0.2) is 54.1 Å². The van der Waals surface area contributed by atoms with Crippen molar-refractivity contribution in [3.63, 3.8) is 0 Å². The lowest BCUT2D eigenvalue weighted by atomic mass is 10.1. The van der Waals surface area contributed by atoms with Crippen LogP contribution in [0.25, 0.3) is 0 Å². The van der Waals surface area contributed by atoms with Crippen molar-refractivity contribution in [2.75, 3.05) is 24.3 Å². The molecule has 0 radical (unpaired) electrons. The molecule has 4 N–H and O–H groups in total. The maximum atomic E-state index is 13.3. The summed E-state index contributed by atoms with van der Waals surface area (Å²) in [6.07, 6.45) is 5.45. The fraction of sp³-hybridized carbons (Fsp3) is 0.167. The summed E-state index contributed by atoms with van der Waals surface area (Å²) in [5, 5.41) is 12.8. The van der Waals surface area contributed by atoms with E-state index in [1.807, 2.05) is 0 Å². The van der Waals surface area contributed by atoms with Crippen molar-refractivity contribution < 1.29 is 18.5 Å². The van der Waals surface area contributed by atoms with Crippen LogP contribution in [-0.2, 0) is 24.0 Å². The lowest BCUT2D eigenvalue weighted by molar-refractivity contribution is 0.102. The van der Waals surface area contributed by atoms with Gasteiger partial charge in [-0.15, -0.1) is 0 Å². The molecular weight excluding hydrogens is 482 g/mol. The van der Waals surface area contributed by atoms with Gasteiger partial charge in [0, 0.05) is 55.4 Å². The average molecular weight is 506 g/mol. The molecule has 36 heavy (non-hydrogen) atoms. The molecule has 1 unspecified atom stereocenters. The highest BCUT2D eigenvalue weighted by Crippen LogP contribution is 2.28. The highest BCUT2D eigenvalue weighted by atomic mass is 32.2. The first-order valence-electron chi connectivity index (χ1n) is 11.1. The summed E-state index contributed by atoms with van der Waals surface area (Å²) in [7, 11) is 0.108. The van der Waals surface area contributed by atoms with Crippen molar-refractivity contribution in [1.82, 2.24) is 24.5 Å². The molecule has 1 aromatic carbocycles. The average Bonchev–Trinajstić information content (AvgIpc) is 3.59. The first-order chi connectivity index (χ1) is 17.5. The van der Waals surface area contributed by atoms with Crippen LogP contribution < -0.4 is 15.4 Å². The molecule has 0 aliphatic carbocycles. The number of aromatic nitrogens is 4. The molecule has 4 heterocycles. The van der Waals surface area contributed by atoms with Crippen LogP contribution in [0.5, 0.6) is 5.75 Å². The van der Waals surface area contributed by atoms with Crippen molar-refractivity contribution >= 4 is 34.3 Å². The van der Waals surface area contributed by atoms with Crippen molar-refractivity contribution in [3.8, 4) is 5.75 Å². The molecule has 5 rings (SSSR count). The zero-order valence-electron chi connectivity index (χ0n) is 19.3. The van der Waals surface area contributed by atoms with E-state index in [-0.39, 0.29) is 11.3 Å². The number of fused-ring (bicyclic) bond motifs is 1. The van der Waals surface area contributed by atoms with Crippen molar-refractivity contribution in [2.24, 2.45) is 0 Å². The minimum absolute atomic E-state index is 0.235. The highest BCUT2D eigenvalue weighted by molar-refractivity contribution is 7.82. The van der Waals surface area contributed by atoms with Crippen molar-refractivity contribution in [1.29, 1.82) is 0 Å². The smallest absolute Gasteiger partial charge is 0.272 e. The Balaban J connectivity index is 1.36. The second-order valence-corrected chi connectivity index (χ2v) is 9.47. The SMILES string of the molecule is COc1ccc(C(=O)Nc2n[nH]c3c2CN(S(=O)c2cccnc2)CC3)c(NC(=O)c2ccc[nH]2)c1. The number of hydrogen-bond donors (Lipinski definition) is 4. The van der Waals surface area contributed by atoms with Crippen LogP contribution in [0.3, 0.4) is 0 Å². The lowest BCUT2D eigenvalue weighted by Crippen LogP contribution is -2.32. The number of amides is 2. The van der Waals surface area contributed by atoms with E-state index < -0.39 is 22.8 Å². The summed E-state index contributed by atoms with van der Waals surface area (Å²) in [5.74, 6) is -0.0217. The molecule has 4 aromatic rings. The Morgan fingerprint density at radius 1 is 1.14 bits per heavy atom. The van der Waals surface area contributed by atoms with E-state index in [1.165, 1.54) is 7.11 Å². The zero-order valence-corrected chi connectivity index (χ0v) is 20.1. The van der Waals surface area contributed by atoms with E-state index in [1.54, 1.807) is 65.4 Å². The molecule has 0 spiro atoms. The first-order valence-corrected chi connectivity index (χ1v) is 12.2. The third kappa shape index (κ3) is 4.76. The van der Waals surface area contributed by atoms with Gasteiger partial charge in [-0.25, -0.2) is 8.51 Å². The van der Waals surface area contributed by atoms with Crippen LogP contribution >= 0.6 is 0 Å². The summed E-state index contributed by atoms with van der Waals surface area (Å²) in [6.45, 7) is 0.902. The van der Waals surface area contributed by atoms with Crippen LogP contribution in [0.1, 0.15) is 32.1 Å². The Labute approximate surface area is 208 Å². The fourth-order valence-corrected chi connectivity index (χ4v) is 5.05. The Bertz CT molecular complexity index is 1420. The number of carbonyl (C=O) groups excluding carboxylic acids is 2. The predicted molar refractivity (Wildman–Crippen MR) is 133 cm³/mol. The summed E-state index contributed by atoms with van der Waals surface area (Å²) in [6, 6.07) is 11.6. The Kier molecular flexibility index (Phi) is 6.60. The van der Waals surface area contributed by atoms with Gasteiger partial charge < -0.3 is 20.4 Å². The third-order valence-electron chi connectivity index (χ3n) is 5.76. The quantitative estimate of drug-likeness (QED) is 0.304. The van der Waals surface area contributed by atoms with Crippen LogP contribution in [0.15, 0.2) is 66.0 Å².